The smallest absolute Gasteiger partial charge is 0.309 e. The second kappa shape index (κ2) is 9.73. The average molecular weight is 387 g/mol. The summed E-state index contributed by atoms with van der Waals surface area (Å²) in [6.45, 7) is 5.13. The number of hydrogen-bond donors (Lipinski definition) is 1. The van der Waals surface area contributed by atoms with Crippen LogP contribution in [0.3, 0.4) is 0 Å². The number of ketones is 1. The number of aromatic nitrogens is 1. The predicted molar refractivity (Wildman–Crippen MR) is 103 cm³/mol. The third kappa shape index (κ3) is 5.45. The molecule has 1 aromatic carbocycles. The number of para-hydroxylation sites is 1. The standard InChI is InChI=1S/C21H25NO6/c1-13(12-17(23)19-20(24)18(26-4)10-11-22-19)21(25)28-15(3)14(2)27-16-8-6-5-7-9-16/h5-11,13-15,24H,12H2,1-4H3/t13-,14+,15-/m1/s1. The molecule has 0 spiro atoms. The zero-order chi connectivity index (χ0) is 20.7. The van der Waals surface area contributed by atoms with Gasteiger partial charge in [0.25, 0.3) is 0 Å². The Hall–Kier alpha value is -3.09. The molecule has 0 saturated heterocycles. The Morgan fingerprint density at radius 3 is 2.39 bits per heavy atom. The van der Waals surface area contributed by atoms with E-state index in [0.717, 1.165) is 0 Å². The number of nitrogens with zero attached hydrogens (tertiary/aromatic N) is 1. The Morgan fingerprint density at radius 1 is 1.07 bits per heavy atom. The molecule has 0 radical (unpaired) electrons. The zero-order valence-electron chi connectivity index (χ0n) is 16.4. The van der Waals surface area contributed by atoms with Crippen molar-refractivity contribution in [2.45, 2.75) is 39.4 Å². The maximum absolute atomic E-state index is 12.4. The number of carbonyl (C=O) groups excluding carboxylic acids is 2. The first-order valence-corrected chi connectivity index (χ1v) is 9.00. The van der Waals surface area contributed by atoms with Gasteiger partial charge in [-0.15, -0.1) is 0 Å². The molecule has 1 aromatic heterocycles. The van der Waals surface area contributed by atoms with Gasteiger partial charge >= 0.3 is 5.97 Å². The van der Waals surface area contributed by atoms with E-state index in [-0.39, 0.29) is 29.7 Å². The normalized spacial score (nSPS) is 13.9. The molecular formula is C21H25NO6. The lowest BCUT2D eigenvalue weighted by atomic mass is 10.0. The van der Waals surface area contributed by atoms with Crippen LogP contribution in [0.25, 0.3) is 0 Å². The van der Waals surface area contributed by atoms with Crippen LogP contribution in [-0.2, 0) is 9.53 Å². The highest BCUT2D eigenvalue weighted by Crippen LogP contribution is 2.29. The lowest BCUT2D eigenvalue weighted by Crippen LogP contribution is -2.33. The summed E-state index contributed by atoms with van der Waals surface area (Å²) in [5.74, 6) is -1.20. The van der Waals surface area contributed by atoms with E-state index in [1.54, 1.807) is 20.8 Å². The summed E-state index contributed by atoms with van der Waals surface area (Å²) in [6, 6.07) is 10.7. The van der Waals surface area contributed by atoms with Gasteiger partial charge in [-0.05, 0) is 26.0 Å². The van der Waals surface area contributed by atoms with Gasteiger partial charge in [-0.25, -0.2) is 4.98 Å². The fourth-order valence-electron chi connectivity index (χ4n) is 2.47. The second-order valence-electron chi connectivity index (χ2n) is 6.52. The van der Waals surface area contributed by atoms with Crippen molar-refractivity contribution in [1.82, 2.24) is 4.98 Å². The highest BCUT2D eigenvalue weighted by Gasteiger charge is 2.26. The summed E-state index contributed by atoms with van der Waals surface area (Å²) in [6.07, 6.45) is 0.346. The monoisotopic (exact) mass is 387 g/mol. The lowest BCUT2D eigenvalue weighted by Gasteiger charge is -2.23. The second-order valence-corrected chi connectivity index (χ2v) is 6.52. The van der Waals surface area contributed by atoms with Crippen LogP contribution in [0.4, 0.5) is 0 Å². The molecule has 3 atom stereocenters. The van der Waals surface area contributed by atoms with Gasteiger partial charge in [-0.1, -0.05) is 25.1 Å². The van der Waals surface area contributed by atoms with E-state index in [1.165, 1.54) is 19.4 Å². The van der Waals surface area contributed by atoms with Gasteiger partial charge in [0.05, 0.1) is 13.0 Å². The number of Topliss-reactive ketones (excluding diaryl/α,β-unsaturated/α-hetero) is 1. The molecule has 1 heterocycles. The van der Waals surface area contributed by atoms with Crippen molar-refractivity contribution < 1.29 is 28.9 Å². The van der Waals surface area contributed by atoms with E-state index in [0.29, 0.717) is 5.75 Å². The van der Waals surface area contributed by atoms with Crippen LogP contribution < -0.4 is 9.47 Å². The summed E-state index contributed by atoms with van der Waals surface area (Å²) in [4.78, 5) is 28.6. The van der Waals surface area contributed by atoms with E-state index in [9.17, 15) is 14.7 Å². The van der Waals surface area contributed by atoms with Crippen molar-refractivity contribution in [3.05, 3.63) is 48.3 Å². The SMILES string of the molecule is COc1ccnc(C(=O)C[C@@H](C)C(=O)O[C@H](C)[C@H](C)Oc2ccccc2)c1O. The van der Waals surface area contributed by atoms with Crippen molar-refractivity contribution in [3.8, 4) is 17.2 Å². The van der Waals surface area contributed by atoms with Gasteiger partial charge in [0, 0.05) is 18.7 Å². The molecule has 7 nitrogen and oxygen atoms in total. The molecule has 0 aliphatic carbocycles. The van der Waals surface area contributed by atoms with E-state index >= 15 is 0 Å². The number of esters is 1. The van der Waals surface area contributed by atoms with E-state index < -0.39 is 23.8 Å². The van der Waals surface area contributed by atoms with Crippen LogP contribution in [0.1, 0.15) is 37.7 Å². The van der Waals surface area contributed by atoms with Crippen LogP contribution in [0.5, 0.6) is 17.2 Å². The van der Waals surface area contributed by atoms with Crippen molar-refractivity contribution in [2.75, 3.05) is 7.11 Å². The molecule has 1 N–H and O–H groups in total. The fourth-order valence-corrected chi connectivity index (χ4v) is 2.47. The average Bonchev–Trinajstić information content (AvgIpc) is 2.68. The molecule has 2 rings (SSSR count). The Balaban J connectivity index is 1.92. The highest BCUT2D eigenvalue weighted by molar-refractivity contribution is 5.99. The number of aromatic hydroxyl groups is 1. The minimum Gasteiger partial charge on any atom is -0.503 e. The molecule has 7 heteroatoms. The fraction of sp³-hybridized carbons (Fsp3) is 0.381. The summed E-state index contributed by atoms with van der Waals surface area (Å²) in [5, 5.41) is 10.0. The summed E-state index contributed by atoms with van der Waals surface area (Å²) in [7, 11) is 1.38. The number of benzene rings is 1. The maximum Gasteiger partial charge on any atom is 0.309 e. The molecule has 28 heavy (non-hydrogen) atoms. The largest absolute Gasteiger partial charge is 0.503 e. The molecule has 0 aliphatic rings. The molecular weight excluding hydrogens is 362 g/mol. The molecule has 2 aromatic rings. The van der Waals surface area contributed by atoms with Gasteiger partial charge < -0.3 is 19.3 Å². The molecule has 0 fully saturated rings. The number of ether oxygens (including phenoxy) is 3. The highest BCUT2D eigenvalue weighted by atomic mass is 16.6. The van der Waals surface area contributed by atoms with Crippen molar-refractivity contribution in [2.24, 2.45) is 5.92 Å². The Kier molecular flexibility index (Phi) is 7.37. The lowest BCUT2D eigenvalue weighted by molar-refractivity contribution is -0.156. The molecule has 0 aliphatic heterocycles. The molecule has 0 unspecified atom stereocenters. The predicted octanol–water partition coefficient (Wildman–Crippen LogP) is 3.40. The van der Waals surface area contributed by atoms with Gasteiger partial charge in [-0.3, -0.25) is 9.59 Å². The molecule has 0 amide bonds. The number of hydrogen-bond acceptors (Lipinski definition) is 7. The Labute approximate surface area is 164 Å². The van der Waals surface area contributed by atoms with Gasteiger partial charge in [-0.2, -0.15) is 0 Å². The van der Waals surface area contributed by atoms with Crippen molar-refractivity contribution in [3.63, 3.8) is 0 Å². The van der Waals surface area contributed by atoms with E-state index in [4.69, 9.17) is 14.2 Å². The first kappa shape index (κ1) is 21.2. The van der Waals surface area contributed by atoms with Gasteiger partial charge in [0.2, 0.25) is 0 Å². The minimum absolute atomic E-state index is 0.132. The van der Waals surface area contributed by atoms with Crippen LogP contribution in [0, 0.1) is 5.92 Å². The molecule has 0 saturated carbocycles. The van der Waals surface area contributed by atoms with E-state index in [1.807, 2.05) is 30.3 Å². The zero-order valence-corrected chi connectivity index (χ0v) is 16.4. The van der Waals surface area contributed by atoms with Crippen LogP contribution in [-0.4, -0.2) is 41.2 Å². The minimum atomic E-state index is -0.703. The van der Waals surface area contributed by atoms with Crippen LogP contribution >= 0.6 is 0 Å². The number of methoxy groups -OCH3 is 1. The summed E-state index contributed by atoms with van der Waals surface area (Å²) < 4.78 is 16.1. The van der Waals surface area contributed by atoms with Crippen LogP contribution in [0.2, 0.25) is 0 Å². The number of carbonyl (C=O) groups is 2. The topological polar surface area (TPSA) is 95.0 Å². The number of rotatable bonds is 9. The van der Waals surface area contributed by atoms with Gasteiger partial charge in [0.1, 0.15) is 18.0 Å². The molecule has 0 bridgehead atoms. The Bertz CT molecular complexity index is 808. The summed E-state index contributed by atoms with van der Waals surface area (Å²) >= 11 is 0. The van der Waals surface area contributed by atoms with E-state index in [2.05, 4.69) is 4.98 Å². The third-order valence-corrected chi connectivity index (χ3v) is 4.29. The quantitative estimate of drug-likeness (QED) is 0.520. The number of pyridine rings is 1. The van der Waals surface area contributed by atoms with Crippen molar-refractivity contribution in [1.29, 1.82) is 0 Å². The van der Waals surface area contributed by atoms with Gasteiger partial charge in [0.15, 0.2) is 23.0 Å². The third-order valence-electron chi connectivity index (χ3n) is 4.29. The van der Waals surface area contributed by atoms with Crippen molar-refractivity contribution >= 4 is 11.8 Å². The summed E-state index contributed by atoms with van der Waals surface area (Å²) in [5.41, 5.74) is -0.132. The first-order chi connectivity index (χ1) is 13.3. The first-order valence-electron chi connectivity index (χ1n) is 9.00. The maximum atomic E-state index is 12.4. The van der Waals surface area contributed by atoms with Crippen LogP contribution in [0.15, 0.2) is 42.6 Å². The Morgan fingerprint density at radius 2 is 1.75 bits per heavy atom. The molecule has 150 valence electrons.